The van der Waals surface area contributed by atoms with E-state index in [0.717, 1.165) is 28.3 Å². The molecule has 0 spiro atoms. The van der Waals surface area contributed by atoms with Gasteiger partial charge in [-0.2, -0.15) is 0 Å². The van der Waals surface area contributed by atoms with Gasteiger partial charge in [-0.05, 0) is 36.3 Å². The number of ether oxygens (including phenoxy) is 1. The fourth-order valence-corrected chi connectivity index (χ4v) is 3.78. The largest absolute Gasteiger partial charge is 0.478 e. The van der Waals surface area contributed by atoms with E-state index < -0.39 is 24.0 Å². The van der Waals surface area contributed by atoms with Gasteiger partial charge in [-0.15, -0.1) is 0 Å². The van der Waals surface area contributed by atoms with E-state index in [-0.39, 0.29) is 25.6 Å². The second-order valence-electron chi connectivity index (χ2n) is 7.77. The third-order valence-electron chi connectivity index (χ3n) is 5.15. The minimum atomic E-state index is -1.10. The van der Waals surface area contributed by atoms with E-state index >= 15 is 0 Å². The molecule has 0 aliphatic heterocycles. The van der Waals surface area contributed by atoms with Crippen LogP contribution in [0.2, 0.25) is 0 Å². The van der Waals surface area contributed by atoms with Crippen LogP contribution in [0.4, 0.5) is 4.79 Å². The maximum atomic E-state index is 12.5. The van der Waals surface area contributed by atoms with E-state index in [4.69, 9.17) is 9.84 Å². The number of aliphatic carboxylic acids is 1. The second-order valence-corrected chi connectivity index (χ2v) is 7.77. The molecule has 0 saturated heterocycles. The number of nitrogens with one attached hydrogen (secondary N) is 2. The van der Waals surface area contributed by atoms with Gasteiger partial charge < -0.3 is 25.4 Å². The molecule has 3 rings (SSSR count). The molecule has 0 saturated carbocycles. The van der Waals surface area contributed by atoms with Crippen molar-refractivity contribution in [3.8, 4) is 11.1 Å². The molecule has 3 N–H and O–H groups in total. The Hall–Kier alpha value is -3.65. The van der Waals surface area contributed by atoms with Crippen LogP contribution in [0.15, 0.2) is 60.7 Å². The molecule has 32 heavy (non-hydrogen) atoms. The number of hydrogen-bond acceptors (Lipinski definition) is 5. The van der Waals surface area contributed by atoms with Crippen molar-refractivity contribution in [3.05, 3.63) is 71.8 Å². The van der Waals surface area contributed by atoms with Crippen LogP contribution in [0.25, 0.3) is 11.1 Å². The zero-order valence-corrected chi connectivity index (χ0v) is 18.1. The lowest BCUT2D eigenvalue weighted by Gasteiger charge is -2.22. The molecule has 2 aromatic rings. The van der Waals surface area contributed by atoms with Gasteiger partial charge in [-0.1, -0.05) is 54.6 Å². The summed E-state index contributed by atoms with van der Waals surface area (Å²) in [6, 6.07) is 15.3. The topological polar surface area (TPSA) is 108 Å². The molecule has 1 aliphatic rings. The maximum absolute atomic E-state index is 12.5. The van der Waals surface area contributed by atoms with Crippen LogP contribution in [0, 0.1) is 0 Å². The number of amides is 2. The first kappa shape index (κ1) is 23.0. The molecule has 2 amide bonds. The predicted octanol–water partition coefficient (Wildman–Crippen LogP) is 2.21. The lowest BCUT2D eigenvalue weighted by molar-refractivity contribution is -0.131. The third kappa shape index (κ3) is 5.73. The second kappa shape index (κ2) is 10.6. The molecular weight excluding hydrogens is 410 g/mol. The summed E-state index contributed by atoms with van der Waals surface area (Å²) in [5.41, 5.74) is 4.48. The molecule has 1 aliphatic carbocycles. The van der Waals surface area contributed by atoms with E-state index in [0.29, 0.717) is 0 Å². The van der Waals surface area contributed by atoms with Gasteiger partial charge in [0.15, 0.2) is 0 Å². The summed E-state index contributed by atoms with van der Waals surface area (Å²) in [6.07, 6.45) is 1.58. The van der Waals surface area contributed by atoms with Crippen molar-refractivity contribution in [1.82, 2.24) is 15.5 Å². The molecular formula is C24H27N3O5. The first-order valence-corrected chi connectivity index (χ1v) is 10.3. The number of rotatable bonds is 9. The number of fused-ring (bicyclic) bond motifs is 3. The van der Waals surface area contributed by atoms with Crippen molar-refractivity contribution in [3.63, 3.8) is 0 Å². The Balaban J connectivity index is 1.62. The van der Waals surface area contributed by atoms with Gasteiger partial charge in [-0.25, -0.2) is 9.59 Å². The van der Waals surface area contributed by atoms with Crippen molar-refractivity contribution in [2.24, 2.45) is 0 Å². The molecule has 0 aromatic heterocycles. The fraction of sp³-hybridized carbons (Fsp3) is 0.292. The van der Waals surface area contributed by atoms with Gasteiger partial charge in [0.25, 0.3) is 0 Å². The van der Waals surface area contributed by atoms with Gasteiger partial charge in [0, 0.05) is 25.1 Å². The molecule has 0 heterocycles. The summed E-state index contributed by atoms with van der Waals surface area (Å²) >= 11 is 0. The SMILES string of the molecule is CN(C)C[C@H](NC(=O)OCC1c2ccccc2-c2ccccc21)C(=O)NC/C=C/C(=O)O. The minimum Gasteiger partial charge on any atom is -0.478 e. The van der Waals surface area contributed by atoms with E-state index in [1.54, 1.807) is 19.0 Å². The standard InChI is InChI=1S/C24H27N3O5/c1-27(2)14-21(23(30)25-13-7-12-22(28)29)26-24(31)32-15-20-18-10-5-3-8-16(18)17-9-4-6-11-19(17)20/h3-12,20-21H,13-15H2,1-2H3,(H,25,30)(H,26,31)(H,28,29)/b12-7+/t21-/m0/s1. The third-order valence-corrected chi connectivity index (χ3v) is 5.15. The summed E-state index contributed by atoms with van der Waals surface area (Å²) in [5, 5.41) is 13.8. The first-order chi connectivity index (χ1) is 15.4. The highest BCUT2D eigenvalue weighted by Crippen LogP contribution is 2.44. The molecule has 0 bridgehead atoms. The van der Waals surface area contributed by atoms with Gasteiger partial charge in [0.05, 0.1) is 0 Å². The molecule has 0 radical (unpaired) electrons. The Bertz CT molecular complexity index is 973. The average Bonchev–Trinajstić information content (AvgIpc) is 3.08. The number of hydrogen-bond donors (Lipinski definition) is 3. The normalized spacial score (nSPS) is 13.5. The Morgan fingerprint density at radius 1 is 1.06 bits per heavy atom. The van der Waals surface area contributed by atoms with Crippen LogP contribution in [-0.4, -0.2) is 67.8 Å². The van der Waals surface area contributed by atoms with Gasteiger partial charge in [0.2, 0.25) is 5.91 Å². The van der Waals surface area contributed by atoms with Gasteiger partial charge in [-0.3, -0.25) is 4.79 Å². The number of carbonyl (C=O) groups is 3. The summed E-state index contributed by atoms with van der Waals surface area (Å²) in [4.78, 5) is 37.3. The van der Waals surface area contributed by atoms with E-state index in [2.05, 4.69) is 22.8 Å². The Morgan fingerprint density at radius 2 is 1.66 bits per heavy atom. The number of carboxylic acids is 1. The zero-order chi connectivity index (χ0) is 23.1. The maximum Gasteiger partial charge on any atom is 0.407 e. The van der Waals surface area contributed by atoms with E-state index in [9.17, 15) is 14.4 Å². The predicted molar refractivity (Wildman–Crippen MR) is 120 cm³/mol. The smallest absolute Gasteiger partial charge is 0.407 e. The molecule has 8 nitrogen and oxygen atoms in total. The van der Waals surface area contributed by atoms with Crippen molar-refractivity contribution < 1.29 is 24.2 Å². The quantitative estimate of drug-likeness (QED) is 0.519. The molecule has 0 fully saturated rings. The highest BCUT2D eigenvalue weighted by atomic mass is 16.5. The lowest BCUT2D eigenvalue weighted by atomic mass is 9.98. The van der Waals surface area contributed by atoms with E-state index in [1.807, 2.05) is 36.4 Å². The molecule has 168 valence electrons. The van der Waals surface area contributed by atoms with Gasteiger partial charge >= 0.3 is 12.1 Å². The Kier molecular flexibility index (Phi) is 7.62. The zero-order valence-electron chi connectivity index (χ0n) is 18.1. The average molecular weight is 437 g/mol. The van der Waals surface area contributed by atoms with Crippen molar-refractivity contribution in [2.45, 2.75) is 12.0 Å². The van der Waals surface area contributed by atoms with Crippen LogP contribution in [0.5, 0.6) is 0 Å². The Morgan fingerprint density at radius 3 is 2.22 bits per heavy atom. The summed E-state index contributed by atoms with van der Waals surface area (Å²) in [6.45, 7) is 0.456. The number of carboxylic acid groups (broad SMARTS) is 1. The van der Waals surface area contributed by atoms with Crippen molar-refractivity contribution in [2.75, 3.05) is 33.8 Å². The summed E-state index contributed by atoms with van der Waals surface area (Å²) in [5.74, 6) is -1.60. The molecule has 0 unspecified atom stereocenters. The first-order valence-electron chi connectivity index (χ1n) is 10.3. The number of carbonyl (C=O) groups excluding carboxylic acids is 2. The molecule has 2 aromatic carbocycles. The lowest BCUT2D eigenvalue weighted by Crippen LogP contribution is -2.51. The number of likely N-dealkylation sites (N-methyl/N-ethyl adjacent to an activating group) is 1. The highest BCUT2D eigenvalue weighted by molar-refractivity contribution is 5.86. The number of nitrogens with zero attached hydrogens (tertiary/aromatic N) is 1. The Labute approximate surface area is 186 Å². The minimum absolute atomic E-state index is 0.0431. The summed E-state index contributed by atoms with van der Waals surface area (Å²) in [7, 11) is 3.56. The van der Waals surface area contributed by atoms with Crippen molar-refractivity contribution >= 4 is 18.0 Å². The van der Waals surface area contributed by atoms with Crippen LogP contribution >= 0.6 is 0 Å². The van der Waals surface area contributed by atoms with E-state index in [1.165, 1.54) is 6.08 Å². The molecule has 8 heteroatoms. The van der Waals surface area contributed by atoms with Gasteiger partial charge in [0.1, 0.15) is 12.6 Å². The molecule has 1 atom stereocenters. The number of alkyl carbamates (subject to hydrolysis) is 1. The van der Waals surface area contributed by atoms with Crippen LogP contribution in [-0.2, 0) is 14.3 Å². The van der Waals surface area contributed by atoms with Crippen LogP contribution < -0.4 is 10.6 Å². The number of benzene rings is 2. The highest BCUT2D eigenvalue weighted by Gasteiger charge is 2.29. The van der Waals surface area contributed by atoms with Crippen LogP contribution in [0.1, 0.15) is 17.0 Å². The fourth-order valence-electron chi connectivity index (χ4n) is 3.78. The van der Waals surface area contributed by atoms with Crippen LogP contribution in [0.3, 0.4) is 0 Å². The summed E-state index contributed by atoms with van der Waals surface area (Å²) < 4.78 is 5.52. The monoisotopic (exact) mass is 437 g/mol. The van der Waals surface area contributed by atoms with Crippen molar-refractivity contribution in [1.29, 1.82) is 0 Å².